The average molecular weight is 245 g/mol. The number of hydrogen-bond donors (Lipinski definition) is 1. The number of thiophene rings is 1. The molecule has 0 amide bonds. The summed E-state index contributed by atoms with van der Waals surface area (Å²) in [5, 5.41) is 0.923. The molecule has 3 heteroatoms. The number of H-pyrrole nitrogens is 1. The van der Waals surface area contributed by atoms with E-state index in [1.807, 2.05) is 12.1 Å². The van der Waals surface area contributed by atoms with Crippen LogP contribution in [0, 0.1) is 5.82 Å². The first-order chi connectivity index (χ1) is 8.28. The number of benzene rings is 1. The number of aryl methyl sites for hydroxylation is 1. The van der Waals surface area contributed by atoms with Crippen molar-refractivity contribution < 1.29 is 4.39 Å². The molecule has 0 aliphatic carbocycles. The SMILES string of the molecule is CCc1ccc(-c2cc3cccc(F)c3[nH]2)s1. The van der Waals surface area contributed by atoms with E-state index >= 15 is 0 Å². The van der Waals surface area contributed by atoms with Gasteiger partial charge in [0.25, 0.3) is 0 Å². The third kappa shape index (κ3) is 1.76. The first-order valence-electron chi connectivity index (χ1n) is 5.64. The second-order valence-electron chi connectivity index (χ2n) is 4.01. The highest BCUT2D eigenvalue weighted by Crippen LogP contribution is 2.30. The summed E-state index contributed by atoms with van der Waals surface area (Å²) >= 11 is 1.75. The van der Waals surface area contributed by atoms with Crippen molar-refractivity contribution in [1.29, 1.82) is 0 Å². The number of aromatic amines is 1. The highest BCUT2D eigenvalue weighted by atomic mass is 32.1. The number of halogens is 1. The smallest absolute Gasteiger partial charge is 0.147 e. The molecule has 3 aromatic rings. The Hall–Kier alpha value is -1.61. The quantitative estimate of drug-likeness (QED) is 0.679. The maximum Gasteiger partial charge on any atom is 0.147 e. The Bertz CT molecular complexity index is 666. The third-order valence-corrected chi connectivity index (χ3v) is 4.14. The second-order valence-corrected chi connectivity index (χ2v) is 5.17. The first kappa shape index (κ1) is 10.5. The zero-order valence-corrected chi connectivity index (χ0v) is 10.3. The Morgan fingerprint density at radius 1 is 1.24 bits per heavy atom. The lowest BCUT2D eigenvalue weighted by atomic mass is 10.2. The second kappa shape index (κ2) is 4.00. The van der Waals surface area contributed by atoms with Gasteiger partial charge in [0.15, 0.2) is 0 Å². The minimum absolute atomic E-state index is 0.193. The molecule has 1 aromatic carbocycles. The van der Waals surface area contributed by atoms with E-state index in [1.165, 1.54) is 10.9 Å². The molecular formula is C14H12FNS. The molecule has 0 aliphatic heterocycles. The van der Waals surface area contributed by atoms with Crippen LogP contribution >= 0.6 is 11.3 Å². The highest BCUT2D eigenvalue weighted by Gasteiger charge is 2.08. The fourth-order valence-electron chi connectivity index (χ4n) is 1.96. The Morgan fingerprint density at radius 3 is 2.82 bits per heavy atom. The van der Waals surface area contributed by atoms with Gasteiger partial charge in [0.2, 0.25) is 0 Å². The predicted octanol–water partition coefficient (Wildman–Crippen LogP) is 4.60. The number of hydrogen-bond acceptors (Lipinski definition) is 1. The molecular weight excluding hydrogens is 233 g/mol. The number of rotatable bonds is 2. The van der Waals surface area contributed by atoms with Gasteiger partial charge in [0, 0.05) is 10.3 Å². The van der Waals surface area contributed by atoms with E-state index in [-0.39, 0.29) is 5.82 Å². The summed E-state index contributed by atoms with van der Waals surface area (Å²) in [4.78, 5) is 5.66. The molecule has 3 rings (SSSR count). The highest BCUT2D eigenvalue weighted by molar-refractivity contribution is 7.15. The summed E-state index contributed by atoms with van der Waals surface area (Å²) in [6.07, 6.45) is 1.04. The Morgan fingerprint density at radius 2 is 2.12 bits per heavy atom. The van der Waals surface area contributed by atoms with Crippen molar-refractivity contribution in [2.24, 2.45) is 0 Å². The summed E-state index contributed by atoms with van der Waals surface area (Å²) in [6, 6.07) is 11.4. The molecule has 17 heavy (non-hydrogen) atoms. The van der Waals surface area contributed by atoms with Crippen LogP contribution in [-0.4, -0.2) is 4.98 Å². The van der Waals surface area contributed by atoms with Crippen LogP contribution in [0.3, 0.4) is 0 Å². The molecule has 0 spiro atoms. The van der Waals surface area contributed by atoms with E-state index in [0.29, 0.717) is 5.52 Å². The lowest BCUT2D eigenvalue weighted by Gasteiger charge is -1.91. The van der Waals surface area contributed by atoms with Gasteiger partial charge in [0.1, 0.15) is 5.82 Å². The van der Waals surface area contributed by atoms with Crippen molar-refractivity contribution in [3.8, 4) is 10.6 Å². The molecule has 0 aliphatic rings. The fraction of sp³-hybridized carbons (Fsp3) is 0.143. The van der Waals surface area contributed by atoms with Crippen molar-refractivity contribution in [2.45, 2.75) is 13.3 Å². The number of nitrogens with one attached hydrogen (secondary N) is 1. The lowest BCUT2D eigenvalue weighted by molar-refractivity contribution is 0.637. The van der Waals surface area contributed by atoms with Gasteiger partial charge in [-0.05, 0) is 30.7 Å². The van der Waals surface area contributed by atoms with Crippen LogP contribution in [0.2, 0.25) is 0 Å². The molecule has 1 N–H and O–H groups in total. The van der Waals surface area contributed by atoms with Gasteiger partial charge in [-0.25, -0.2) is 4.39 Å². The van der Waals surface area contributed by atoms with Gasteiger partial charge in [0.05, 0.1) is 16.1 Å². The zero-order valence-electron chi connectivity index (χ0n) is 9.46. The van der Waals surface area contributed by atoms with E-state index in [9.17, 15) is 4.39 Å². The third-order valence-electron chi connectivity index (χ3n) is 2.88. The Kier molecular flexibility index (Phi) is 2.48. The van der Waals surface area contributed by atoms with E-state index in [1.54, 1.807) is 17.4 Å². The van der Waals surface area contributed by atoms with Crippen molar-refractivity contribution in [2.75, 3.05) is 0 Å². The summed E-state index contributed by atoms with van der Waals surface area (Å²) in [7, 11) is 0. The zero-order chi connectivity index (χ0) is 11.8. The summed E-state index contributed by atoms with van der Waals surface area (Å²) < 4.78 is 13.6. The molecule has 86 valence electrons. The number of aromatic nitrogens is 1. The van der Waals surface area contributed by atoms with Gasteiger partial charge < -0.3 is 4.98 Å². The lowest BCUT2D eigenvalue weighted by Crippen LogP contribution is -1.75. The van der Waals surface area contributed by atoms with Gasteiger partial charge >= 0.3 is 0 Å². The van der Waals surface area contributed by atoms with Crippen molar-refractivity contribution in [1.82, 2.24) is 4.98 Å². The molecule has 0 saturated carbocycles. The van der Waals surface area contributed by atoms with Gasteiger partial charge in [-0.3, -0.25) is 0 Å². The molecule has 1 nitrogen and oxygen atoms in total. The molecule has 2 aromatic heterocycles. The average Bonchev–Trinajstić information content (AvgIpc) is 2.95. The molecule has 0 fully saturated rings. The minimum Gasteiger partial charge on any atom is -0.351 e. The largest absolute Gasteiger partial charge is 0.351 e. The van der Waals surface area contributed by atoms with Crippen molar-refractivity contribution in [3.63, 3.8) is 0 Å². The fourth-order valence-corrected chi connectivity index (χ4v) is 2.88. The summed E-state index contributed by atoms with van der Waals surface area (Å²) in [5.74, 6) is -0.193. The first-order valence-corrected chi connectivity index (χ1v) is 6.46. The molecule has 0 bridgehead atoms. The molecule has 2 heterocycles. The van der Waals surface area contributed by atoms with Crippen LogP contribution in [0.25, 0.3) is 21.5 Å². The van der Waals surface area contributed by atoms with E-state index < -0.39 is 0 Å². The van der Waals surface area contributed by atoms with Gasteiger partial charge in [-0.2, -0.15) is 0 Å². The topological polar surface area (TPSA) is 15.8 Å². The standard InChI is InChI=1S/C14H12FNS/c1-2-10-6-7-13(17-10)12-8-9-4-3-5-11(15)14(9)16-12/h3-8,16H,2H2,1H3. The maximum atomic E-state index is 13.6. The maximum absolute atomic E-state index is 13.6. The van der Waals surface area contributed by atoms with Gasteiger partial charge in [-0.15, -0.1) is 11.3 Å². The van der Waals surface area contributed by atoms with Crippen molar-refractivity contribution in [3.05, 3.63) is 47.1 Å². The molecule has 0 atom stereocenters. The van der Waals surface area contributed by atoms with Crippen LogP contribution in [0.1, 0.15) is 11.8 Å². The van der Waals surface area contributed by atoms with E-state index in [2.05, 4.69) is 24.0 Å². The molecule has 0 saturated heterocycles. The van der Waals surface area contributed by atoms with Crippen LogP contribution in [0.15, 0.2) is 36.4 Å². The number of fused-ring (bicyclic) bond motifs is 1. The summed E-state index contributed by atoms with van der Waals surface area (Å²) in [6.45, 7) is 2.14. The van der Waals surface area contributed by atoms with Gasteiger partial charge in [-0.1, -0.05) is 19.1 Å². The predicted molar refractivity (Wildman–Crippen MR) is 70.9 cm³/mol. The van der Waals surface area contributed by atoms with Crippen molar-refractivity contribution >= 4 is 22.2 Å². The number of para-hydroxylation sites is 1. The molecule has 0 unspecified atom stereocenters. The van der Waals surface area contributed by atoms with Crippen LogP contribution in [-0.2, 0) is 6.42 Å². The molecule has 0 radical (unpaired) electrons. The van der Waals surface area contributed by atoms with E-state index in [4.69, 9.17) is 0 Å². The summed E-state index contributed by atoms with van der Waals surface area (Å²) in [5.41, 5.74) is 1.59. The Balaban J connectivity index is 2.14. The van der Waals surface area contributed by atoms with Crippen LogP contribution in [0.5, 0.6) is 0 Å². The van der Waals surface area contributed by atoms with Crippen LogP contribution in [0.4, 0.5) is 4.39 Å². The monoisotopic (exact) mass is 245 g/mol. The normalized spacial score (nSPS) is 11.2. The van der Waals surface area contributed by atoms with Crippen LogP contribution < -0.4 is 0 Å². The minimum atomic E-state index is -0.193. The van der Waals surface area contributed by atoms with E-state index in [0.717, 1.165) is 22.4 Å². The Labute approximate surface area is 103 Å².